The van der Waals surface area contributed by atoms with Crippen LogP contribution in [0.25, 0.3) is 22.4 Å². The fourth-order valence-electron chi connectivity index (χ4n) is 1.56. The van der Waals surface area contributed by atoms with Crippen LogP contribution in [0, 0.1) is 0 Å². The van der Waals surface area contributed by atoms with Gasteiger partial charge in [-0.25, -0.2) is 0 Å². The number of aromatic nitrogens is 4. The fourth-order valence-corrected chi connectivity index (χ4v) is 1.56. The summed E-state index contributed by atoms with van der Waals surface area (Å²) < 4.78 is 4.96. The van der Waals surface area contributed by atoms with E-state index < -0.39 is 0 Å². The summed E-state index contributed by atoms with van der Waals surface area (Å²) in [7, 11) is 0. The Morgan fingerprint density at radius 1 is 1.12 bits per heavy atom. The van der Waals surface area contributed by atoms with E-state index in [9.17, 15) is 0 Å². The van der Waals surface area contributed by atoms with E-state index in [0.29, 0.717) is 11.7 Å². The second kappa shape index (κ2) is 3.91. The lowest BCUT2D eigenvalue weighted by molar-refractivity contribution is 0.380. The molecule has 0 unspecified atom stereocenters. The molecule has 0 bridgehead atoms. The molecule has 2 heterocycles. The van der Waals surface area contributed by atoms with Crippen LogP contribution in [0.5, 0.6) is 0 Å². The lowest BCUT2D eigenvalue weighted by Gasteiger charge is -1.97. The third-order valence-corrected chi connectivity index (χ3v) is 2.37. The Hall–Kier alpha value is -2.34. The molecule has 2 N–H and O–H groups in total. The third-order valence-electron chi connectivity index (χ3n) is 2.37. The third kappa shape index (κ3) is 1.74. The lowest BCUT2D eigenvalue weighted by Crippen LogP contribution is -1.95. The Morgan fingerprint density at radius 2 is 1.94 bits per heavy atom. The molecule has 0 radical (unpaired) electrons. The van der Waals surface area contributed by atoms with Gasteiger partial charge in [-0.3, -0.25) is 9.97 Å². The van der Waals surface area contributed by atoms with Crippen molar-refractivity contribution in [3.8, 4) is 11.4 Å². The first kappa shape index (κ1) is 9.86. The minimum Gasteiger partial charge on any atom is -0.338 e. The van der Waals surface area contributed by atoms with Crippen LogP contribution in [-0.4, -0.2) is 20.1 Å². The van der Waals surface area contributed by atoms with Crippen molar-refractivity contribution in [1.82, 2.24) is 20.1 Å². The van der Waals surface area contributed by atoms with Gasteiger partial charge in [0.1, 0.15) is 0 Å². The molecule has 3 rings (SSSR count). The maximum atomic E-state index is 5.41. The van der Waals surface area contributed by atoms with E-state index in [1.807, 2.05) is 18.2 Å². The molecular formula is C11H9N5O. The molecule has 0 saturated carbocycles. The maximum absolute atomic E-state index is 5.41. The van der Waals surface area contributed by atoms with Gasteiger partial charge in [-0.1, -0.05) is 5.16 Å². The van der Waals surface area contributed by atoms with Crippen LogP contribution in [-0.2, 0) is 6.54 Å². The maximum Gasteiger partial charge on any atom is 0.240 e. The minimum absolute atomic E-state index is 0.236. The van der Waals surface area contributed by atoms with Gasteiger partial charge in [0.15, 0.2) is 0 Å². The van der Waals surface area contributed by atoms with Crippen LogP contribution in [0.15, 0.2) is 35.1 Å². The molecule has 6 heteroatoms. The van der Waals surface area contributed by atoms with Crippen LogP contribution in [0.4, 0.5) is 0 Å². The number of nitrogens with two attached hydrogens (primary N) is 1. The van der Waals surface area contributed by atoms with E-state index in [-0.39, 0.29) is 6.54 Å². The quantitative estimate of drug-likeness (QED) is 0.705. The first-order chi connectivity index (χ1) is 8.36. The summed E-state index contributed by atoms with van der Waals surface area (Å²) in [6.07, 6.45) is 3.30. The van der Waals surface area contributed by atoms with Gasteiger partial charge in [0.2, 0.25) is 11.7 Å². The summed E-state index contributed by atoms with van der Waals surface area (Å²) >= 11 is 0. The van der Waals surface area contributed by atoms with Gasteiger partial charge in [-0.05, 0) is 18.2 Å². The summed E-state index contributed by atoms with van der Waals surface area (Å²) in [4.78, 5) is 12.6. The second-order valence-electron chi connectivity index (χ2n) is 3.48. The van der Waals surface area contributed by atoms with E-state index in [1.165, 1.54) is 0 Å². The second-order valence-corrected chi connectivity index (χ2v) is 3.48. The van der Waals surface area contributed by atoms with Gasteiger partial charge in [-0.15, -0.1) is 0 Å². The van der Waals surface area contributed by atoms with Gasteiger partial charge < -0.3 is 10.3 Å². The van der Waals surface area contributed by atoms with Gasteiger partial charge in [0, 0.05) is 18.0 Å². The zero-order chi connectivity index (χ0) is 11.7. The molecule has 0 fully saturated rings. The smallest absolute Gasteiger partial charge is 0.240 e. The molecule has 6 nitrogen and oxygen atoms in total. The molecular weight excluding hydrogens is 218 g/mol. The molecule has 0 aliphatic heterocycles. The molecule has 0 spiro atoms. The lowest BCUT2D eigenvalue weighted by atomic mass is 10.2. The molecule has 17 heavy (non-hydrogen) atoms. The topological polar surface area (TPSA) is 90.7 Å². The van der Waals surface area contributed by atoms with Crippen LogP contribution in [0.3, 0.4) is 0 Å². The minimum atomic E-state index is 0.236. The molecule has 2 aromatic heterocycles. The summed E-state index contributed by atoms with van der Waals surface area (Å²) in [5.41, 5.74) is 7.88. The van der Waals surface area contributed by atoms with Crippen LogP contribution < -0.4 is 5.73 Å². The van der Waals surface area contributed by atoms with Crippen molar-refractivity contribution in [2.45, 2.75) is 6.54 Å². The normalized spacial score (nSPS) is 10.9. The molecule has 3 aromatic rings. The van der Waals surface area contributed by atoms with Crippen molar-refractivity contribution in [1.29, 1.82) is 0 Å². The number of rotatable bonds is 2. The van der Waals surface area contributed by atoms with Crippen LogP contribution in [0.2, 0.25) is 0 Å². The van der Waals surface area contributed by atoms with E-state index >= 15 is 0 Å². The molecule has 0 saturated heterocycles. The molecule has 0 amide bonds. The summed E-state index contributed by atoms with van der Waals surface area (Å²) in [5, 5.41) is 3.85. The van der Waals surface area contributed by atoms with Gasteiger partial charge in [0.25, 0.3) is 0 Å². The number of nitrogens with zero attached hydrogens (tertiary/aromatic N) is 4. The predicted molar refractivity (Wildman–Crippen MR) is 60.7 cm³/mol. The average Bonchev–Trinajstić information content (AvgIpc) is 2.87. The Labute approximate surface area is 96.5 Å². The molecule has 1 aromatic carbocycles. The highest BCUT2D eigenvalue weighted by molar-refractivity contribution is 5.79. The Kier molecular flexibility index (Phi) is 2.27. The Bertz CT molecular complexity index is 664. The first-order valence-electron chi connectivity index (χ1n) is 5.10. The van der Waals surface area contributed by atoms with Crippen molar-refractivity contribution in [2.24, 2.45) is 5.73 Å². The van der Waals surface area contributed by atoms with Crippen LogP contribution >= 0.6 is 0 Å². The predicted octanol–water partition coefficient (Wildman–Crippen LogP) is 1.14. The van der Waals surface area contributed by atoms with E-state index in [4.69, 9.17) is 10.3 Å². The van der Waals surface area contributed by atoms with Crippen molar-refractivity contribution in [3.05, 3.63) is 36.5 Å². The summed E-state index contributed by atoms with van der Waals surface area (Å²) in [6.45, 7) is 0.236. The number of hydrogen-bond donors (Lipinski definition) is 1. The SMILES string of the molecule is NCc1nc(-c2ccc3nccnc3c2)no1. The summed E-state index contributed by atoms with van der Waals surface area (Å²) in [5.74, 6) is 0.928. The van der Waals surface area contributed by atoms with Crippen molar-refractivity contribution < 1.29 is 4.52 Å². The van der Waals surface area contributed by atoms with Crippen molar-refractivity contribution >= 4 is 11.0 Å². The van der Waals surface area contributed by atoms with Crippen LogP contribution in [0.1, 0.15) is 5.89 Å². The van der Waals surface area contributed by atoms with Crippen molar-refractivity contribution in [3.63, 3.8) is 0 Å². The van der Waals surface area contributed by atoms with Gasteiger partial charge in [-0.2, -0.15) is 4.98 Å². The highest BCUT2D eigenvalue weighted by Gasteiger charge is 2.08. The monoisotopic (exact) mass is 227 g/mol. The Morgan fingerprint density at radius 3 is 2.71 bits per heavy atom. The van der Waals surface area contributed by atoms with E-state index in [1.54, 1.807) is 12.4 Å². The summed E-state index contributed by atoms with van der Waals surface area (Å²) in [6, 6.07) is 5.62. The standard InChI is InChI=1S/C11H9N5O/c12-6-10-15-11(16-17-10)7-1-2-8-9(5-7)14-4-3-13-8/h1-5H,6,12H2. The number of hydrogen-bond acceptors (Lipinski definition) is 6. The average molecular weight is 227 g/mol. The number of benzene rings is 1. The first-order valence-corrected chi connectivity index (χ1v) is 5.10. The highest BCUT2D eigenvalue weighted by atomic mass is 16.5. The molecule has 0 aliphatic carbocycles. The largest absolute Gasteiger partial charge is 0.338 e. The zero-order valence-electron chi connectivity index (χ0n) is 8.87. The zero-order valence-corrected chi connectivity index (χ0v) is 8.87. The molecule has 0 atom stereocenters. The van der Waals surface area contributed by atoms with Gasteiger partial charge >= 0.3 is 0 Å². The number of fused-ring (bicyclic) bond motifs is 1. The molecule has 84 valence electrons. The van der Waals surface area contributed by atoms with Gasteiger partial charge in [0.05, 0.1) is 17.6 Å². The van der Waals surface area contributed by atoms with E-state index in [2.05, 4.69) is 20.1 Å². The molecule has 0 aliphatic rings. The van der Waals surface area contributed by atoms with E-state index in [0.717, 1.165) is 16.6 Å². The highest BCUT2D eigenvalue weighted by Crippen LogP contribution is 2.19. The van der Waals surface area contributed by atoms with Crippen molar-refractivity contribution in [2.75, 3.05) is 0 Å². The Balaban J connectivity index is 2.11. The fraction of sp³-hybridized carbons (Fsp3) is 0.0909.